The summed E-state index contributed by atoms with van der Waals surface area (Å²) in [7, 11) is 0. The van der Waals surface area contributed by atoms with E-state index in [0.717, 1.165) is 17.0 Å². The molecule has 0 unspecified atom stereocenters. The highest BCUT2D eigenvalue weighted by Crippen LogP contribution is 2.36. The van der Waals surface area contributed by atoms with Gasteiger partial charge in [0.15, 0.2) is 5.76 Å². The van der Waals surface area contributed by atoms with Gasteiger partial charge in [0.1, 0.15) is 5.58 Å². The Bertz CT molecular complexity index is 1090. The molecule has 2 N–H and O–H groups in total. The Labute approximate surface area is 158 Å². The minimum Gasteiger partial charge on any atom is -0.453 e. The number of rotatable bonds is 4. The molecule has 0 radical (unpaired) electrons. The fourth-order valence-electron chi connectivity index (χ4n) is 2.62. The average molecular weight is 438 g/mol. The largest absolute Gasteiger partial charge is 0.453 e. The van der Waals surface area contributed by atoms with Gasteiger partial charge in [-0.15, -0.1) is 10.2 Å². The average Bonchev–Trinajstić information content (AvgIpc) is 3.27. The highest BCUT2D eigenvalue weighted by molar-refractivity contribution is 9.10. The number of anilines is 1. The quantitative estimate of drug-likeness (QED) is 0.469. The van der Waals surface area contributed by atoms with Crippen LogP contribution < -0.4 is 5.32 Å². The van der Waals surface area contributed by atoms with E-state index in [1.165, 1.54) is 12.1 Å². The maximum atomic E-state index is 12.8. The number of alkyl halides is 3. The molecule has 2 aromatic heterocycles. The smallest absolute Gasteiger partial charge is 0.417 e. The fraction of sp³-hybridized carbons (Fsp3) is 0.118. The molecular weight excluding hydrogens is 427 g/mol. The first-order chi connectivity index (χ1) is 12.9. The van der Waals surface area contributed by atoms with Crippen molar-refractivity contribution in [1.82, 2.24) is 20.6 Å². The lowest BCUT2D eigenvalue weighted by atomic mass is 10.1. The van der Waals surface area contributed by atoms with Crippen LogP contribution in [0.15, 0.2) is 51.4 Å². The lowest BCUT2D eigenvalue weighted by Crippen LogP contribution is -2.07. The van der Waals surface area contributed by atoms with Crippen molar-refractivity contribution in [2.45, 2.75) is 12.7 Å². The van der Waals surface area contributed by atoms with Gasteiger partial charge in [0.25, 0.3) is 0 Å². The first-order valence-corrected chi connectivity index (χ1v) is 8.56. The summed E-state index contributed by atoms with van der Waals surface area (Å²) in [5.41, 5.74) is 1.43. The SMILES string of the molecule is FC(F)(F)c1ccc(NCc2ccc3cc(-c4nn[nH]n4)oc3c2)cc1Br. The van der Waals surface area contributed by atoms with Gasteiger partial charge in [-0.05, 0) is 41.1 Å². The Kier molecular flexibility index (Phi) is 4.34. The summed E-state index contributed by atoms with van der Waals surface area (Å²) < 4.78 is 44.1. The zero-order valence-corrected chi connectivity index (χ0v) is 15.1. The van der Waals surface area contributed by atoms with Crippen molar-refractivity contribution < 1.29 is 17.6 Å². The molecule has 27 heavy (non-hydrogen) atoms. The van der Waals surface area contributed by atoms with Gasteiger partial charge < -0.3 is 9.73 Å². The van der Waals surface area contributed by atoms with Gasteiger partial charge >= 0.3 is 6.18 Å². The number of aromatic nitrogens is 4. The highest BCUT2D eigenvalue weighted by Gasteiger charge is 2.32. The van der Waals surface area contributed by atoms with Gasteiger partial charge in [-0.2, -0.15) is 18.4 Å². The number of tetrazole rings is 1. The van der Waals surface area contributed by atoms with E-state index in [1.54, 1.807) is 0 Å². The summed E-state index contributed by atoms with van der Waals surface area (Å²) in [6.45, 7) is 0.423. The van der Waals surface area contributed by atoms with Crippen LogP contribution >= 0.6 is 15.9 Å². The van der Waals surface area contributed by atoms with Crippen molar-refractivity contribution in [2.24, 2.45) is 0 Å². The van der Waals surface area contributed by atoms with Crippen LogP contribution in [0, 0.1) is 0 Å². The molecule has 2 aromatic carbocycles. The van der Waals surface area contributed by atoms with Crippen molar-refractivity contribution in [3.05, 3.63) is 58.1 Å². The van der Waals surface area contributed by atoms with E-state index in [-0.39, 0.29) is 4.47 Å². The van der Waals surface area contributed by atoms with Crippen molar-refractivity contribution in [3.63, 3.8) is 0 Å². The number of benzene rings is 2. The first-order valence-electron chi connectivity index (χ1n) is 7.77. The zero-order valence-electron chi connectivity index (χ0n) is 13.5. The van der Waals surface area contributed by atoms with Crippen LogP contribution in [0.4, 0.5) is 18.9 Å². The van der Waals surface area contributed by atoms with Crippen molar-refractivity contribution in [1.29, 1.82) is 0 Å². The van der Waals surface area contributed by atoms with Gasteiger partial charge in [0.2, 0.25) is 5.82 Å². The molecule has 0 atom stereocenters. The Hall–Kier alpha value is -2.88. The molecule has 0 fully saturated rings. The van der Waals surface area contributed by atoms with Gasteiger partial charge in [-0.25, -0.2) is 0 Å². The van der Waals surface area contributed by atoms with Gasteiger partial charge in [-0.1, -0.05) is 28.1 Å². The van der Waals surface area contributed by atoms with E-state index in [2.05, 4.69) is 41.9 Å². The van der Waals surface area contributed by atoms with Crippen LogP contribution in [0.3, 0.4) is 0 Å². The molecule has 0 bridgehead atoms. The molecule has 2 heterocycles. The van der Waals surface area contributed by atoms with Crippen molar-refractivity contribution in [2.75, 3.05) is 5.32 Å². The number of aromatic amines is 1. The molecular formula is C17H11BrF3N5O. The normalized spacial score (nSPS) is 11.9. The number of halogens is 4. The van der Waals surface area contributed by atoms with Crippen LogP contribution in [0.2, 0.25) is 0 Å². The maximum Gasteiger partial charge on any atom is 0.417 e. The topological polar surface area (TPSA) is 79.6 Å². The monoisotopic (exact) mass is 437 g/mol. The fourth-order valence-corrected chi connectivity index (χ4v) is 3.22. The second-order valence-corrected chi connectivity index (χ2v) is 6.62. The van der Waals surface area contributed by atoms with E-state index >= 15 is 0 Å². The molecule has 0 aliphatic rings. The predicted molar refractivity (Wildman–Crippen MR) is 95.9 cm³/mol. The number of nitrogens with zero attached hydrogens (tertiary/aromatic N) is 3. The standard InChI is InChI=1S/C17H11BrF3N5O/c18-13-7-11(3-4-12(13)17(19,20)21)22-8-9-1-2-10-6-15(27-14(10)5-9)16-23-25-26-24-16/h1-7,22H,8H2,(H,23,24,25,26). The Morgan fingerprint density at radius 1 is 1.11 bits per heavy atom. The highest BCUT2D eigenvalue weighted by atomic mass is 79.9. The Balaban J connectivity index is 1.51. The Morgan fingerprint density at radius 2 is 1.96 bits per heavy atom. The third kappa shape index (κ3) is 3.65. The molecule has 10 heteroatoms. The van der Waals surface area contributed by atoms with Crippen LogP contribution in [-0.4, -0.2) is 20.6 Å². The summed E-state index contributed by atoms with van der Waals surface area (Å²) in [6.07, 6.45) is -4.39. The van der Waals surface area contributed by atoms with Crippen LogP contribution in [0.25, 0.3) is 22.6 Å². The van der Waals surface area contributed by atoms with E-state index in [1.807, 2.05) is 24.3 Å². The van der Waals surface area contributed by atoms with Crippen LogP contribution in [0.1, 0.15) is 11.1 Å². The molecule has 6 nitrogen and oxygen atoms in total. The number of furan rings is 1. The third-order valence-electron chi connectivity index (χ3n) is 3.92. The third-order valence-corrected chi connectivity index (χ3v) is 4.58. The number of hydrogen-bond donors (Lipinski definition) is 2. The van der Waals surface area contributed by atoms with Gasteiger partial charge in [0.05, 0.1) is 5.56 Å². The Morgan fingerprint density at radius 3 is 2.67 bits per heavy atom. The maximum absolute atomic E-state index is 12.8. The molecule has 4 aromatic rings. The molecule has 138 valence electrons. The van der Waals surface area contributed by atoms with E-state index in [4.69, 9.17) is 4.42 Å². The van der Waals surface area contributed by atoms with Gasteiger partial charge in [-0.3, -0.25) is 0 Å². The second kappa shape index (κ2) is 6.69. The lowest BCUT2D eigenvalue weighted by Gasteiger charge is -2.12. The second-order valence-electron chi connectivity index (χ2n) is 5.76. The summed E-state index contributed by atoms with van der Waals surface area (Å²) in [5.74, 6) is 0.857. The van der Waals surface area contributed by atoms with E-state index in [0.29, 0.717) is 29.4 Å². The molecule has 4 rings (SSSR count). The van der Waals surface area contributed by atoms with Crippen molar-refractivity contribution in [3.8, 4) is 11.6 Å². The summed E-state index contributed by atoms with van der Waals surface area (Å²) in [6, 6.07) is 11.3. The molecule has 0 spiro atoms. The number of fused-ring (bicyclic) bond motifs is 1. The van der Waals surface area contributed by atoms with Crippen molar-refractivity contribution >= 4 is 32.6 Å². The summed E-state index contributed by atoms with van der Waals surface area (Å²) in [5, 5.41) is 17.6. The summed E-state index contributed by atoms with van der Waals surface area (Å²) in [4.78, 5) is 0. The minimum absolute atomic E-state index is 0.00811. The summed E-state index contributed by atoms with van der Waals surface area (Å²) >= 11 is 2.97. The van der Waals surface area contributed by atoms with E-state index < -0.39 is 11.7 Å². The van der Waals surface area contributed by atoms with E-state index in [9.17, 15) is 13.2 Å². The number of hydrogen-bond acceptors (Lipinski definition) is 5. The van der Waals surface area contributed by atoms with Crippen LogP contribution in [-0.2, 0) is 12.7 Å². The molecule has 0 aliphatic heterocycles. The molecule has 0 saturated carbocycles. The predicted octanol–water partition coefficient (Wildman–Crippen LogP) is 5.01. The number of nitrogens with one attached hydrogen (secondary N) is 2. The molecule has 0 saturated heterocycles. The van der Waals surface area contributed by atoms with Crippen LogP contribution in [0.5, 0.6) is 0 Å². The molecule has 0 amide bonds. The zero-order chi connectivity index (χ0) is 19.0. The molecule has 0 aliphatic carbocycles. The number of H-pyrrole nitrogens is 1. The van der Waals surface area contributed by atoms with Gasteiger partial charge in [0, 0.05) is 22.1 Å². The first kappa shape index (κ1) is 17.5. The minimum atomic E-state index is -4.39. The lowest BCUT2D eigenvalue weighted by molar-refractivity contribution is -0.138.